The lowest BCUT2D eigenvalue weighted by atomic mass is 9.43. The zero-order chi connectivity index (χ0) is 18.2. The van der Waals surface area contributed by atoms with Gasteiger partial charge in [0.05, 0.1) is 7.11 Å². The summed E-state index contributed by atoms with van der Waals surface area (Å²) in [6.07, 6.45) is 7.63. The number of hydrogen-bond acceptors (Lipinski definition) is 2. The van der Waals surface area contributed by atoms with E-state index < -0.39 is 0 Å². The fourth-order valence-electron chi connectivity index (χ4n) is 7.60. The lowest BCUT2D eigenvalue weighted by Gasteiger charge is -2.61. The van der Waals surface area contributed by atoms with Gasteiger partial charge in [-0.25, -0.2) is 0 Å². The number of benzene rings is 1. The van der Waals surface area contributed by atoms with E-state index in [0.717, 1.165) is 12.3 Å². The summed E-state index contributed by atoms with van der Waals surface area (Å²) in [7, 11) is 1.66. The number of aromatic hydroxyl groups is 1. The Morgan fingerprint density at radius 1 is 1.08 bits per heavy atom. The van der Waals surface area contributed by atoms with Gasteiger partial charge in [-0.05, 0) is 84.3 Å². The predicted octanol–water partition coefficient (Wildman–Crippen LogP) is 5.77. The van der Waals surface area contributed by atoms with Gasteiger partial charge >= 0.3 is 0 Å². The predicted molar refractivity (Wildman–Crippen MR) is 102 cm³/mol. The van der Waals surface area contributed by atoms with Crippen molar-refractivity contribution in [3.05, 3.63) is 22.8 Å². The van der Waals surface area contributed by atoms with Gasteiger partial charge in [0.15, 0.2) is 11.5 Å². The number of phenols is 1. The van der Waals surface area contributed by atoms with Crippen molar-refractivity contribution >= 4 is 0 Å². The van der Waals surface area contributed by atoms with Gasteiger partial charge in [0.1, 0.15) is 0 Å². The lowest BCUT2D eigenvalue weighted by molar-refractivity contribution is -0.0983. The summed E-state index contributed by atoms with van der Waals surface area (Å²) in [5, 5.41) is 10.9. The Balaban J connectivity index is 1.86. The molecule has 25 heavy (non-hydrogen) atoms. The minimum Gasteiger partial charge on any atom is -0.504 e. The largest absolute Gasteiger partial charge is 0.504 e. The molecule has 1 aromatic carbocycles. The molecule has 4 rings (SSSR count). The van der Waals surface area contributed by atoms with Crippen molar-refractivity contribution in [2.45, 2.75) is 78.6 Å². The van der Waals surface area contributed by atoms with Crippen molar-refractivity contribution in [1.29, 1.82) is 0 Å². The fraction of sp³-hybridized carbons (Fsp3) is 0.739. The third kappa shape index (κ3) is 2.09. The monoisotopic (exact) mass is 342 g/mol. The van der Waals surface area contributed by atoms with E-state index in [0.29, 0.717) is 28.2 Å². The van der Waals surface area contributed by atoms with Gasteiger partial charge in [0, 0.05) is 5.56 Å². The Labute approximate surface area is 153 Å². The standard InChI is InChI=1S/C23H34O2/c1-14-12-16(25-6)20(24)15-13-18-22(4)10-7-9-21(2,3)17(22)8-11-23(18,5)19(14)15/h12,17-18,24H,7-11,13H2,1-6H3/t17-,18+,22-,23+/m0/s1. The Hall–Kier alpha value is -1.18. The molecule has 3 aliphatic rings. The van der Waals surface area contributed by atoms with Crippen molar-refractivity contribution < 1.29 is 9.84 Å². The minimum absolute atomic E-state index is 0.196. The average molecular weight is 343 g/mol. The van der Waals surface area contributed by atoms with Crippen molar-refractivity contribution in [2.75, 3.05) is 7.11 Å². The Morgan fingerprint density at radius 2 is 1.80 bits per heavy atom. The van der Waals surface area contributed by atoms with Gasteiger partial charge in [0.2, 0.25) is 0 Å². The molecule has 0 heterocycles. The van der Waals surface area contributed by atoms with E-state index in [1.807, 2.05) is 6.07 Å². The second-order valence-electron chi connectivity index (χ2n) is 10.2. The lowest BCUT2D eigenvalue weighted by Crippen LogP contribution is -2.55. The van der Waals surface area contributed by atoms with Crippen molar-refractivity contribution in [3.8, 4) is 11.5 Å². The van der Waals surface area contributed by atoms with Crippen molar-refractivity contribution in [1.82, 2.24) is 0 Å². The van der Waals surface area contributed by atoms with Crippen LogP contribution in [-0.2, 0) is 11.8 Å². The molecule has 0 radical (unpaired) electrons. The van der Waals surface area contributed by atoms with Crippen LogP contribution in [0, 0.1) is 29.6 Å². The topological polar surface area (TPSA) is 29.5 Å². The normalized spacial score (nSPS) is 38.6. The SMILES string of the molecule is COc1cc(C)c2c(c1O)C[C@@H]1[C@@]3(C)CCCC(C)(C)[C@@H]3CC[C@@]21C. The average Bonchev–Trinajstić information content (AvgIpc) is 2.85. The molecular weight excluding hydrogens is 308 g/mol. The minimum atomic E-state index is 0.196. The molecule has 2 nitrogen and oxygen atoms in total. The first-order valence-electron chi connectivity index (χ1n) is 10.0. The van der Waals surface area contributed by atoms with Crippen LogP contribution in [0.25, 0.3) is 0 Å². The highest BCUT2D eigenvalue weighted by Gasteiger charge is 2.61. The molecule has 1 aromatic rings. The molecular formula is C23H34O2. The van der Waals surface area contributed by atoms with E-state index in [2.05, 4.69) is 34.6 Å². The van der Waals surface area contributed by atoms with Crippen LogP contribution in [0.2, 0.25) is 0 Å². The molecule has 2 saturated carbocycles. The molecule has 0 amide bonds. The molecule has 1 N–H and O–H groups in total. The van der Waals surface area contributed by atoms with Crippen LogP contribution in [0.4, 0.5) is 0 Å². The maximum Gasteiger partial charge on any atom is 0.161 e. The molecule has 0 bridgehead atoms. The second kappa shape index (κ2) is 5.18. The van der Waals surface area contributed by atoms with E-state index in [1.165, 1.54) is 48.8 Å². The summed E-state index contributed by atoms with van der Waals surface area (Å²) in [6.45, 7) is 12.2. The van der Waals surface area contributed by atoms with Gasteiger partial charge < -0.3 is 9.84 Å². The molecule has 3 aliphatic carbocycles. The molecule has 4 atom stereocenters. The van der Waals surface area contributed by atoms with Crippen LogP contribution in [0.5, 0.6) is 11.5 Å². The summed E-state index contributed by atoms with van der Waals surface area (Å²) >= 11 is 0. The Bertz CT molecular complexity index is 719. The van der Waals surface area contributed by atoms with Crippen LogP contribution in [0.15, 0.2) is 6.07 Å². The molecule has 0 aromatic heterocycles. The number of phenolic OH excluding ortho intramolecular Hbond substituents is 1. The van der Waals surface area contributed by atoms with Gasteiger partial charge in [-0.3, -0.25) is 0 Å². The van der Waals surface area contributed by atoms with Crippen LogP contribution < -0.4 is 4.74 Å². The summed E-state index contributed by atoms with van der Waals surface area (Å²) in [5.41, 5.74) is 4.92. The molecule has 0 aliphatic heterocycles. The van der Waals surface area contributed by atoms with Gasteiger partial charge in [0.25, 0.3) is 0 Å². The maximum absolute atomic E-state index is 10.9. The van der Waals surface area contributed by atoms with E-state index in [-0.39, 0.29) is 5.41 Å². The van der Waals surface area contributed by atoms with Crippen molar-refractivity contribution in [2.24, 2.45) is 22.7 Å². The van der Waals surface area contributed by atoms with Gasteiger partial charge in [-0.15, -0.1) is 0 Å². The van der Waals surface area contributed by atoms with Gasteiger partial charge in [-0.1, -0.05) is 34.1 Å². The van der Waals surface area contributed by atoms with E-state index in [1.54, 1.807) is 7.11 Å². The number of hydrogen-bond donors (Lipinski definition) is 1. The Morgan fingerprint density at radius 3 is 2.48 bits per heavy atom. The summed E-state index contributed by atoms with van der Waals surface area (Å²) in [4.78, 5) is 0. The van der Waals surface area contributed by atoms with Crippen LogP contribution in [0.3, 0.4) is 0 Å². The summed E-state index contributed by atoms with van der Waals surface area (Å²) in [6, 6.07) is 2.04. The third-order valence-electron chi connectivity index (χ3n) is 8.56. The molecule has 2 heteroatoms. The Kier molecular flexibility index (Phi) is 3.57. The maximum atomic E-state index is 10.9. The molecule has 138 valence electrons. The van der Waals surface area contributed by atoms with Crippen LogP contribution in [-0.4, -0.2) is 12.2 Å². The number of rotatable bonds is 1. The molecule has 0 spiro atoms. The van der Waals surface area contributed by atoms with Gasteiger partial charge in [-0.2, -0.15) is 0 Å². The third-order valence-corrected chi connectivity index (χ3v) is 8.56. The highest BCUT2D eigenvalue weighted by atomic mass is 16.5. The zero-order valence-electron chi connectivity index (χ0n) is 16.8. The van der Waals surface area contributed by atoms with Crippen LogP contribution in [0.1, 0.15) is 76.5 Å². The smallest absolute Gasteiger partial charge is 0.161 e. The van der Waals surface area contributed by atoms with E-state index in [4.69, 9.17) is 4.74 Å². The summed E-state index contributed by atoms with van der Waals surface area (Å²) in [5.74, 6) is 2.47. The molecule has 2 fully saturated rings. The molecule has 0 unspecified atom stereocenters. The highest BCUT2D eigenvalue weighted by Crippen LogP contribution is 2.68. The fourth-order valence-corrected chi connectivity index (χ4v) is 7.60. The van der Waals surface area contributed by atoms with E-state index in [9.17, 15) is 5.11 Å². The first-order chi connectivity index (χ1) is 11.6. The van der Waals surface area contributed by atoms with E-state index >= 15 is 0 Å². The summed E-state index contributed by atoms with van der Waals surface area (Å²) < 4.78 is 5.45. The second-order valence-corrected chi connectivity index (χ2v) is 10.2. The first kappa shape index (κ1) is 17.2. The number of aryl methyl sites for hydroxylation is 1. The van der Waals surface area contributed by atoms with Crippen molar-refractivity contribution in [3.63, 3.8) is 0 Å². The molecule has 0 saturated heterocycles. The quantitative estimate of drug-likeness (QED) is 0.702. The first-order valence-corrected chi connectivity index (χ1v) is 10.0. The number of ether oxygens (including phenoxy) is 1. The van der Waals surface area contributed by atoms with Crippen LogP contribution >= 0.6 is 0 Å². The highest BCUT2D eigenvalue weighted by molar-refractivity contribution is 5.59. The number of fused-ring (bicyclic) bond motifs is 5. The number of methoxy groups -OCH3 is 1. The zero-order valence-corrected chi connectivity index (χ0v) is 16.8.